The Morgan fingerprint density at radius 2 is 1.86 bits per heavy atom. The van der Waals surface area contributed by atoms with Gasteiger partial charge in [-0.2, -0.15) is 0 Å². The number of amides is 1. The van der Waals surface area contributed by atoms with Crippen LogP contribution in [0.25, 0.3) is 0 Å². The fourth-order valence-corrected chi connectivity index (χ4v) is 4.39. The van der Waals surface area contributed by atoms with Gasteiger partial charge in [0.15, 0.2) is 0 Å². The fraction of sp³-hybridized carbons (Fsp3) is 0.350. The number of hydrogen-bond acceptors (Lipinski definition) is 3. The highest BCUT2D eigenvalue weighted by molar-refractivity contribution is 7.92. The maximum Gasteiger partial charge on any atom is 0.248 e. The van der Waals surface area contributed by atoms with Crippen molar-refractivity contribution in [1.29, 1.82) is 0 Å². The number of carbonyl (C=O) groups is 1. The van der Waals surface area contributed by atoms with E-state index < -0.39 is 27.8 Å². The van der Waals surface area contributed by atoms with E-state index in [-0.39, 0.29) is 23.0 Å². The van der Waals surface area contributed by atoms with E-state index >= 15 is 0 Å². The molecule has 2 rings (SSSR count). The Morgan fingerprint density at radius 3 is 2.39 bits per heavy atom. The molecule has 28 heavy (non-hydrogen) atoms. The molecule has 0 unspecified atom stereocenters. The first kappa shape index (κ1) is 22.2. The van der Waals surface area contributed by atoms with E-state index in [0.717, 1.165) is 22.2 Å². The van der Waals surface area contributed by atoms with Crippen LogP contribution in [-0.4, -0.2) is 26.6 Å². The number of benzene rings is 2. The molecule has 2 aromatic carbocycles. The number of carbonyl (C=O) groups excluding carboxylic acids is 1. The fourth-order valence-electron chi connectivity index (χ4n) is 3.01. The summed E-state index contributed by atoms with van der Waals surface area (Å²) in [6.45, 7) is 5.72. The molecule has 0 saturated heterocycles. The standard InChI is InChI=1S/C20H24ClFN2O3S/c1-5-19(20(25)23-18-9-7-6-8-15(18)13(2)3)24(28(4,26)27)14-10-11-17(22)16(21)12-14/h6-13,19H,5H2,1-4H3,(H,23,25)/t19-/m0/s1. The molecule has 0 heterocycles. The molecule has 0 radical (unpaired) electrons. The Labute approximate surface area is 170 Å². The predicted octanol–water partition coefficient (Wildman–Crippen LogP) is 4.79. The van der Waals surface area contributed by atoms with Crippen LogP contribution in [0.5, 0.6) is 0 Å². The van der Waals surface area contributed by atoms with Crippen molar-refractivity contribution >= 4 is 38.9 Å². The Balaban J connectivity index is 2.44. The average molecular weight is 427 g/mol. The summed E-state index contributed by atoms with van der Waals surface area (Å²) in [5.74, 6) is -0.956. The number of hydrogen-bond donors (Lipinski definition) is 1. The highest BCUT2D eigenvalue weighted by atomic mass is 35.5. The van der Waals surface area contributed by atoms with Crippen LogP contribution in [0.4, 0.5) is 15.8 Å². The van der Waals surface area contributed by atoms with Crippen molar-refractivity contribution in [3.05, 3.63) is 58.9 Å². The normalized spacial score (nSPS) is 12.7. The molecular formula is C20H24ClFN2O3S. The van der Waals surface area contributed by atoms with Gasteiger partial charge in [-0.25, -0.2) is 12.8 Å². The van der Waals surface area contributed by atoms with Crippen LogP contribution in [0.3, 0.4) is 0 Å². The smallest absolute Gasteiger partial charge is 0.248 e. The monoisotopic (exact) mass is 426 g/mol. The maximum absolute atomic E-state index is 13.5. The van der Waals surface area contributed by atoms with E-state index in [1.54, 1.807) is 19.1 Å². The molecule has 0 fully saturated rings. The van der Waals surface area contributed by atoms with E-state index in [1.165, 1.54) is 12.1 Å². The minimum Gasteiger partial charge on any atom is -0.324 e. The molecule has 0 aliphatic heterocycles. The van der Waals surface area contributed by atoms with E-state index in [0.29, 0.717) is 5.69 Å². The maximum atomic E-state index is 13.5. The molecule has 1 atom stereocenters. The van der Waals surface area contributed by atoms with Gasteiger partial charge in [0.25, 0.3) is 0 Å². The molecule has 152 valence electrons. The summed E-state index contributed by atoms with van der Waals surface area (Å²) in [7, 11) is -3.83. The van der Waals surface area contributed by atoms with Gasteiger partial charge in [-0.05, 0) is 42.2 Å². The van der Waals surface area contributed by atoms with Gasteiger partial charge in [0.1, 0.15) is 11.9 Å². The van der Waals surface area contributed by atoms with Gasteiger partial charge in [0.05, 0.1) is 17.0 Å². The van der Waals surface area contributed by atoms with Crippen LogP contribution in [0, 0.1) is 5.82 Å². The summed E-state index contributed by atoms with van der Waals surface area (Å²) in [5, 5.41) is 2.62. The third kappa shape index (κ3) is 5.02. The second-order valence-electron chi connectivity index (χ2n) is 6.81. The van der Waals surface area contributed by atoms with Crippen LogP contribution < -0.4 is 9.62 Å². The minimum atomic E-state index is -3.83. The van der Waals surface area contributed by atoms with Crippen molar-refractivity contribution < 1.29 is 17.6 Å². The third-order valence-corrected chi connectivity index (χ3v) is 5.80. The van der Waals surface area contributed by atoms with E-state index in [1.807, 2.05) is 26.0 Å². The lowest BCUT2D eigenvalue weighted by Gasteiger charge is -2.30. The van der Waals surface area contributed by atoms with Crippen molar-refractivity contribution in [2.24, 2.45) is 0 Å². The number of nitrogens with zero attached hydrogens (tertiary/aromatic N) is 1. The number of anilines is 2. The summed E-state index contributed by atoms with van der Waals surface area (Å²) < 4.78 is 39.4. The Morgan fingerprint density at radius 1 is 1.21 bits per heavy atom. The molecule has 8 heteroatoms. The number of nitrogens with one attached hydrogen (secondary N) is 1. The summed E-state index contributed by atoms with van der Waals surface area (Å²) >= 11 is 5.82. The van der Waals surface area contributed by atoms with Crippen molar-refractivity contribution in [2.45, 2.75) is 39.2 Å². The predicted molar refractivity (Wildman–Crippen MR) is 112 cm³/mol. The van der Waals surface area contributed by atoms with Crippen LogP contribution in [0.2, 0.25) is 5.02 Å². The molecule has 1 amide bonds. The van der Waals surface area contributed by atoms with Crippen LogP contribution in [0.15, 0.2) is 42.5 Å². The first-order chi connectivity index (χ1) is 13.1. The lowest BCUT2D eigenvalue weighted by atomic mass is 10.0. The molecule has 2 aromatic rings. The van der Waals surface area contributed by atoms with Gasteiger partial charge in [-0.1, -0.05) is 50.6 Å². The SMILES string of the molecule is CC[C@@H](C(=O)Nc1ccccc1C(C)C)N(c1ccc(F)c(Cl)c1)S(C)(=O)=O. The molecule has 0 saturated carbocycles. The zero-order chi connectivity index (χ0) is 21.1. The van der Waals surface area contributed by atoms with Gasteiger partial charge in [-0.15, -0.1) is 0 Å². The highest BCUT2D eigenvalue weighted by Crippen LogP contribution is 2.29. The summed E-state index contributed by atoms with van der Waals surface area (Å²) in [4.78, 5) is 13.0. The van der Waals surface area contributed by atoms with Gasteiger partial charge < -0.3 is 5.32 Å². The molecule has 0 aliphatic rings. The van der Waals surface area contributed by atoms with E-state index in [4.69, 9.17) is 11.6 Å². The first-order valence-corrected chi connectivity index (χ1v) is 11.1. The summed E-state index contributed by atoms with van der Waals surface area (Å²) in [5.41, 5.74) is 1.71. The van der Waals surface area contributed by atoms with Crippen LogP contribution >= 0.6 is 11.6 Å². The number of sulfonamides is 1. The molecule has 0 spiro atoms. The lowest BCUT2D eigenvalue weighted by molar-refractivity contribution is -0.117. The van der Waals surface area contributed by atoms with Gasteiger partial charge in [-0.3, -0.25) is 9.10 Å². The third-order valence-electron chi connectivity index (χ3n) is 4.33. The molecule has 0 bridgehead atoms. The van der Waals surface area contributed by atoms with Crippen molar-refractivity contribution in [3.8, 4) is 0 Å². The summed E-state index contributed by atoms with van der Waals surface area (Å²) in [6.07, 6.45) is 1.22. The molecule has 1 N–H and O–H groups in total. The van der Waals surface area contributed by atoms with Crippen molar-refractivity contribution in [1.82, 2.24) is 0 Å². The second-order valence-corrected chi connectivity index (χ2v) is 9.08. The second kappa shape index (κ2) is 8.92. The molecule has 5 nitrogen and oxygen atoms in total. The summed E-state index contributed by atoms with van der Waals surface area (Å²) in [6, 6.07) is 9.93. The van der Waals surface area contributed by atoms with Crippen LogP contribution in [0.1, 0.15) is 38.7 Å². The molecule has 0 aromatic heterocycles. The minimum absolute atomic E-state index is 0.132. The number of rotatable bonds is 7. The van der Waals surface area contributed by atoms with Gasteiger partial charge >= 0.3 is 0 Å². The number of para-hydroxylation sites is 1. The Kier molecular flexibility index (Phi) is 7.06. The van der Waals surface area contributed by atoms with E-state index in [9.17, 15) is 17.6 Å². The Hall–Kier alpha value is -2.12. The Bertz CT molecular complexity index is 964. The molecular weight excluding hydrogens is 403 g/mol. The first-order valence-electron chi connectivity index (χ1n) is 8.90. The zero-order valence-corrected chi connectivity index (χ0v) is 17.8. The van der Waals surface area contributed by atoms with Gasteiger partial charge in [0.2, 0.25) is 15.9 Å². The topological polar surface area (TPSA) is 66.5 Å². The van der Waals surface area contributed by atoms with E-state index in [2.05, 4.69) is 5.32 Å². The number of halogens is 2. The van der Waals surface area contributed by atoms with Crippen molar-refractivity contribution in [2.75, 3.05) is 15.9 Å². The average Bonchev–Trinajstić information content (AvgIpc) is 2.61. The highest BCUT2D eigenvalue weighted by Gasteiger charge is 2.32. The van der Waals surface area contributed by atoms with Crippen molar-refractivity contribution in [3.63, 3.8) is 0 Å². The largest absolute Gasteiger partial charge is 0.324 e. The van der Waals surface area contributed by atoms with Gasteiger partial charge in [0, 0.05) is 5.69 Å². The zero-order valence-electron chi connectivity index (χ0n) is 16.2. The van der Waals surface area contributed by atoms with Crippen LogP contribution in [-0.2, 0) is 14.8 Å². The quantitative estimate of drug-likeness (QED) is 0.692. The lowest BCUT2D eigenvalue weighted by Crippen LogP contribution is -2.47. The molecule has 0 aliphatic carbocycles.